The highest BCUT2D eigenvalue weighted by atomic mass is 16.5. The van der Waals surface area contributed by atoms with Crippen LogP contribution < -0.4 is 0 Å². The molecule has 2 aliphatic rings. The Morgan fingerprint density at radius 3 is 2.75 bits per heavy atom. The van der Waals surface area contributed by atoms with Gasteiger partial charge in [0.15, 0.2) is 0 Å². The molecule has 1 N–H and O–H groups in total. The molecule has 92 valence electrons. The number of hydrogen-bond acceptors (Lipinski definition) is 4. The fourth-order valence-corrected chi connectivity index (χ4v) is 2.40. The molecular weight excluding hydrogens is 208 g/mol. The average molecular weight is 228 g/mol. The normalized spacial score (nSPS) is 27.3. The summed E-state index contributed by atoms with van der Waals surface area (Å²) in [6.07, 6.45) is 2.09. The largest absolute Gasteiger partial charge is 0.395 e. The number of rotatable bonds is 3. The van der Waals surface area contributed by atoms with Crippen LogP contribution in [-0.4, -0.2) is 72.9 Å². The number of hydrogen-bond donors (Lipinski definition) is 1. The van der Waals surface area contributed by atoms with Gasteiger partial charge in [0.1, 0.15) is 0 Å². The van der Waals surface area contributed by atoms with E-state index in [2.05, 4.69) is 4.90 Å². The smallest absolute Gasteiger partial charge is 0.236 e. The molecule has 2 aliphatic heterocycles. The van der Waals surface area contributed by atoms with Gasteiger partial charge in [0.05, 0.1) is 26.4 Å². The van der Waals surface area contributed by atoms with Crippen molar-refractivity contribution in [1.82, 2.24) is 9.80 Å². The van der Waals surface area contributed by atoms with Crippen LogP contribution in [0.2, 0.25) is 0 Å². The summed E-state index contributed by atoms with van der Waals surface area (Å²) in [5.74, 6) is 0.170. The van der Waals surface area contributed by atoms with Crippen LogP contribution in [0.15, 0.2) is 0 Å². The molecule has 0 spiro atoms. The van der Waals surface area contributed by atoms with Crippen molar-refractivity contribution in [2.24, 2.45) is 0 Å². The first-order valence-electron chi connectivity index (χ1n) is 6.01. The highest BCUT2D eigenvalue weighted by Gasteiger charge is 2.27. The summed E-state index contributed by atoms with van der Waals surface area (Å²) < 4.78 is 5.21. The van der Waals surface area contributed by atoms with E-state index in [-0.39, 0.29) is 18.6 Å². The summed E-state index contributed by atoms with van der Waals surface area (Å²) >= 11 is 0. The number of amides is 1. The molecule has 16 heavy (non-hydrogen) atoms. The number of aliphatic hydroxyl groups is 1. The van der Waals surface area contributed by atoms with E-state index in [0.29, 0.717) is 32.8 Å². The SMILES string of the molecule is O=C(CN1CCCC1CO)N1CCOCC1. The second-order valence-corrected chi connectivity index (χ2v) is 4.44. The van der Waals surface area contributed by atoms with E-state index in [4.69, 9.17) is 4.74 Å². The van der Waals surface area contributed by atoms with E-state index in [1.807, 2.05) is 4.90 Å². The molecule has 2 heterocycles. The predicted octanol–water partition coefficient (Wildman–Crippen LogP) is -0.698. The third-order valence-electron chi connectivity index (χ3n) is 3.41. The van der Waals surface area contributed by atoms with Gasteiger partial charge in [-0.05, 0) is 19.4 Å². The van der Waals surface area contributed by atoms with Crippen LogP contribution in [0.3, 0.4) is 0 Å². The van der Waals surface area contributed by atoms with Crippen molar-refractivity contribution in [3.8, 4) is 0 Å². The molecule has 1 atom stereocenters. The Labute approximate surface area is 96.0 Å². The first-order chi connectivity index (χ1) is 7.81. The third-order valence-corrected chi connectivity index (χ3v) is 3.41. The summed E-state index contributed by atoms with van der Waals surface area (Å²) in [5, 5.41) is 9.17. The molecular formula is C11H20N2O3. The highest BCUT2D eigenvalue weighted by Crippen LogP contribution is 2.16. The molecule has 0 saturated carbocycles. The van der Waals surface area contributed by atoms with Crippen LogP contribution in [-0.2, 0) is 9.53 Å². The molecule has 0 aromatic heterocycles. The first-order valence-corrected chi connectivity index (χ1v) is 6.01. The lowest BCUT2D eigenvalue weighted by Crippen LogP contribution is -2.47. The number of aliphatic hydroxyl groups excluding tert-OH is 1. The lowest BCUT2D eigenvalue weighted by molar-refractivity contribution is -0.136. The molecule has 5 heteroatoms. The van der Waals surface area contributed by atoms with E-state index >= 15 is 0 Å². The zero-order chi connectivity index (χ0) is 11.4. The Morgan fingerprint density at radius 1 is 1.31 bits per heavy atom. The van der Waals surface area contributed by atoms with Gasteiger partial charge in [0.25, 0.3) is 0 Å². The maximum Gasteiger partial charge on any atom is 0.236 e. The van der Waals surface area contributed by atoms with Gasteiger partial charge in [0, 0.05) is 19.1 Å². The van der Waals surface area contributed by atoms with Crippen LogP contribution >= 0.6 is 0 Å². The Balaban J connectivity index is 1.81. The second-order valence-electron chi connectivity index (χ2n) is 4.44. The van der Waals surface area contributed by atoms with Crippen LogP contribution in [0.5, 0.6) is 0 Å². The molecule has 0 aromatic carbocycles. The molecule has 2 fully saturated rings. The van der Waals surface area contributed by atoms with Crippen LogP contribution in [0, 0.1) is 0 Å². The average Bonchev–Trinajstić information content (AvgIpc) is 2.77. The monoisotopic (exact) mass is 228 g/mol. The van der Waals surface area contributed by atoms with Crippen LogP contribution in [0.25, 0.3) is 0 Å². The van der Waals surface area contributed by atoms with E-state index < -0.39 is 0 Å². The summed E-state index contributed by atoms with van der Waals surface area (Å²) in [5.41, 5.74) is 0. The lowest BCUT2D eigenvalue weighted by atomic mass is 10.2. The summed E-state index contributed by atoms with van der Waals surface area (Å²) in [6, 6.07) is 0.185. The van der Waals surface area contributed by atoms with Crippen molar-refractivity contribution in [1.29, 1.82) is 0 Å². The zero-order valence-corrected chi connectivity index (χ0v) is 9.60. The molecule has 1 amide bonds. The Hall–Kier alpha value is -0.650. The van der Waals surface area contributed by atoms with Crippen LogP contribution in [0.1, 0.15) is 12.8 Å². The van der Waals surface area contributed by atoms with Gasteiger partial charge in [-0.25, -0.2) is 0 Å². The molecule has 2 saturated heterocycles. The Kier molecular flexibility index (Phi) is 4.15. The topological polar surface area (TPSA) is 53.0 Å². The minimum Gasteiger partial charge on any atom is -0.395 e. The standard InChI is InChI=1S/C11H20N2O3/c14-9-10-2-1-3-13(10)8-11(15)12-4-6-16-7-5-12/h10,14H,1-9H2. The van der Waals surface area contributed by atoms with E-state index in [1.165, 1.54) is 0 Å². The molecule has 0 aromatic rings. The molecule has 5 nitrogen and oxygen atoms in total. The van der Waals surface area contributed by atoms with Gasteiger partial charge < -0.3 is 14.7 Å². The zero-order valence-electron chi connectivity index (χ0n) is 9.60. The van der Waals surface area contributed by atoms with Gasteiger partial charge in [-0.2, -0.15) is 0 Å². The number of carbonyl (C=O) groups excluding carboxylic acids is 1. The number of ether oxygens (including phenoxy) is 1. The fraction of sp³-hybridized carbons (Fsp3) is 0.909. The van der Waals surface area contributed by atoms with Gasteiger partial charge >= 0.3 is 0 Å². The maximum atomic E-state index is 12.0. The van der Waals surface area contributed by atoms with E-state index in [1.54, 1.807) is 0 Å². The van der Waals surface area contributed by atoms with Crippen LogP contribution in [0.4, 0.5) is 0 Å². The quantitative estimate of drug-likeness (QED) is 0.694. The van der Waals surface area contributed by atoms with Gasteiger partial charge in [0.2, 0.25) is 5.91 Å². The minimum absolute atomic E-state index is 0.163. The maximum absolute atomic E-state index is 12.0. The van der Waals surface area contributed by atoms with E-state index in [0.717, 1.165) is 19.4 Å². The molecule has 0 bridgehead atoms. The third kappa shape index (κ3) is 2.72. The number of nitrogens with zero attached hydrogens (tertiary/aromatic N) is 2. The molecule has 1 unspecified atom stereocenters. The van der Waals surface area contributed by atoms with Crippen molar-refractivity contribution in [3.05, 3.63) is 0 Å². The van der Waals surface area contributed by atoms with Crippen molar-refractivity contribution in [2.75, 3.05) is 46.0 Å². The summed E-state index contributed by atoms with van der Waals surface area (Å²) in [6.45, 7) is 4.25. The second kappa shape index (κ2) is 5.61. The molecule has 2 rings (SSSR count). The highest BCUT2D eigenvalue weighted by molar-refractivity contribution is 5.78. The molecule has 0 radical (unpaired) electrons. The van der Waals surface area contributed by atoms with Gasteiger partial charge in [-0.15, -0.1) is 0 Å². The number of carbonyl (C=O) groups is 1. The number of morpholine rings is 1. The summed E-state index contributed by atoms with van der Waals surface area (Å²) in [7, 11) is 0. The molecule has 0 aliphatic carbocycles. The number of likely N-dealkylation sites (tertiary alicyclic amines) is 1. The predicted molar refractivity (Wildman–Crippen MR) is 59.1 cm³/mol. The minimum atomic E-state index is 0.163. The van der Waals surface area contributed by atoms with E-state index in [9.17, 15) is 9.90 Å². The van der Waals surface area contributed by atoms with Crippen molar-refractivity contribution in [3.63, 3.8) is 0 Å². The lowest BCUT2D eigenvalue weighted by Gasteiger charge is -2.30. The summed E-state index contributed by atoms with van der Waals surface area (Å²) in [4.78, 5) is 15.9. The van der Waals surface area contributed by atoms with Crippen molar-refractivity contribution < 1.29 is 14.6 Å². The fourth-order valence-electron chi connectivity index (χ4n) is 2.40. The van der Waals surface area contributed by atoms with Gasteiger partial charge in [-0.1, -0.05) is 0 Å². The van der Waals surface area contributed by atoms with Crippen molar-refractivity contribution in [2.45, 2.75) is 18.9 Å². The first kappa shape index (κ1) is 11.8. The Bertz CT molecular complexity index is 241. The van der Waals surface area contributed by atoms with Crippen molar-refractivity contribution >= 4 is 5.91 Å². The van der Waals surface area contributed by atoms with Gasteiger partial charge in [-0.3, -0.25) is 9.69 Å². The Morgan fingerprint density at radius 2 is 2.06 bits per heavy atom.